The number of aromatic nitrogens is 5. The van der Waals surface area contributed by atoms with E-state index in [-0.39, 0.29) is 5.28 Å². The molecule has 8 heteroatoms. The first-order chi connectivity index (χ1) is 8.24. The first-order valence-corrected chi connectivity index (χ1v) is 5.79. The van der Waals surface area contributed by atoms with Gasteiger partial charge in [0.1, 0.15) is 11.3 Å². The van der Waals surface area contributed by atoms with Crippen molar-refractivity contribution in [2.75, 3.05) is 11.4 Å². The summed E-state index contributed by atoms with van der Waals surface area (Å²) in [4.78, 5) is 9.99. The summed E-state index contributed by atoms with van der Waals surface area (Å²) in [6.45, 7) is 2.21. The van der Waals surface area contributed by atoms with E-state index in [0.717, 1.165) is 18.9 Å². The third kappa shape index (κ3) is 1.94. The molecule has 1 aliphatic rings. The predicted octanol–water partition coefficient (Wildman–Crippen LogP) is 1.40. The molecule has 0 aromatic carbocycles. The number of anilines is 1. The second-order valence-corrected chi connectivity index (χ2v) is 4.42. The van der Waals surface area contributed by atoms with Gasteiger partial charge in [-0.2, -0.15) is 4.98 Å². The van der Waals surface area contributed by atoms with Crippen molar-refractivity contribution in [3.8, 4) is 0 Å². The van der Waals surface area contributed by atoms with Gasteiger partial charge >= 0.3 is 0 Å². The van der Waals surface area contributed by atoms with Crippen molar-refractivity contribution < 1.29 is 0 Å². The van der Waals surface area contributed by atoms with Crippen LogP contribution in [0.1, 0.15) is 5.82 Å². The van der Waals surface area contributed by atoms with Gasteiger partial charge in [-0.25, -0.2) is 4.98 Å². The molecule has 0 fully saturated rings. The molecule has 88 valence electrons. The highest BCUT2D eigenvalue weighted by atomic mass is 35.5. The summed E-state index contributed by atoms with van der Waals surface area (Å²) in [7, 11) is 0. The molecule has 3 rings (SSSR count). The minimum atomic E-state index is 0.191. The Bertz CT molecular complexity index is 554. The maximum atomic E-state index is 6.06. The molecular formula is C9H8Cl2N6. The highest BCUT2D eigenvalue weighted by molar-refractivity contribution is 6.33. The first kappa shape index (κ1) is 10.7. The number of halogens is 2. The van der Waals surface area contributed by atoms with Crippen molar-refractivity contribution in [1.82, 2.24) is 24.7 Å². The quantitative estimate of drug-likeness (QED) is 0.733. The maximum Gasteiger partial charge on any atom is 0.224 e. The van der Waals surface area contributed by atoms with Crippen LogP contribution in [0.3, 0.4) is 0 Å². The molecule has 0 radical (unpaired) electrons. The second-order valence-electron chi connectivity index (χ2n) is 3.67. The first-order valence-electron chi connectivity index (χ1n) is 5.04. The monoisotopic (exact) mass is 270 g/mol. The summed E-state index contributed by atoms with van der Waals surface area (Å²) in [6, 6.07) is 0. The Hall–Kier alpha value is -1.40. The van der Waals surface area contributed by atoms with Crippen molar-refractivity contribution in [1.29, 1.82) is 0 Å². The number of hydrogen-bond donors (Lipinski definition) is 0. The van der Waals surface area contributed by atoms with Gasteiger partial charge in [0.05, 0.1) is 12.7 Å². The molecule has 1 aliphatic heterocycles. The average Bonchev–Trinajstić information content (AvgIpc) is 2.79. The van der Waals surface area contributed by atoms with E-state index in [1.807, 2.05) is 9.47 Å². The highest BCUT2D eigenvalue weighted by Crippen LogP contribution is 2.26. The van der Waals surface area contributed by atoms with Crippen molar-refractivity contribution in [2.24, 2.45) is 0 Å². The van der Waals surface area contributed by atoms with E-state index in [1.54, 1.807) is 6.33 Å². The Labute approximate surface area is 107 Å². The number of nitrogens with zero attached hydrogens (tertiary/aromatic N) is 6. The van der Waals surface area contributed by atoms with Crippen molar-refractivity contribution >= 4 is 29.0 Å². The van der Waals surface area contributed by atoms with E-state index >= 15 is 0 Å². The van der Waals surface area contributed by atoms with Crippen LogP contribution in [0, 0.1) is 0 Å². The van der Waals surface area contributed by atoms with Gasteiger partial charge in [-0.3, -0.25) is 0 Å². The summed E-state index contributed by atoms with van der Waals surface area (Å²) in [5, 5.41) is 8.58. The molecule has 2 aromatic heterocycles. The Morgan fingerprint density at radius 1 is 1.24 bits per heavy atom. The lowest BCUT2D eigenvalue weighted by molar-refractivity contribution is 0.556. The molecule has 2 aromatic rings. The van der Waals surface area contributed by atoms with Gasteiger partial charge in [-0.05, 0) is 11.6 Å². The van der Waals surface area contributed by atoms with Crippen LogP contribution in [0.15, 0.2) is 12.5 Å². The smallest absolute Gasteiger partial charge is 0.224 e. The van der Waals surface area contributed by atoms with E-state index < -0.39 is 0 Å². The van der Waals surface area contributed by atoms with Crippen molar-refractivity contribution in [2.45, 2.75) is 13.1 Å². The summed E-state index contributed by atoms with van der Waals surface area (Å²) in [5.41, 5.74) is 0. The third-order valence-electron chi connectivity index (χ3n) is 2.63. The zero-order chi connectivity index (χ0) is 11.8. The van der Waals surface area contributed by atoms with Crippen molar-refractivity contribution in [3.63, 3.8) is 0 Å². The van der Waals surface area contributed by atoms with E-state index in [0.29, 0.717) is 17.4 Å². The molecule has 17 heavy (non-hydrogen) atoms. The van der Waals surface area contributed by atoms with Crippen LogP contribution >= 0.6 is 23.2 Å². The largest absolute Gasteiger partial charge is 0.346 e. The Morgan fingerprint density at radius 3 is 3.00 bits per heavy atom. The second kappa shape index (κ2) is 4.12. The van der Waals surface area contributed by atoms with Gasteiger partial charge in [0.15, 0.2) is 11.6 Å². The molecule has 3 heterocycles. The van der Waals surface area contributed by atoms with Crippen LogP contribution < -0.4 is 4.90 Å². The summed E-state index contributed by atoms with van der Waals surface area (Å²) in [5.74, 6) is 1.53. The zero-order valence-electron chi connectivity index (χ0n) is 8.72. The van der Waals surface area contributed by atoms with Gasteiger partial charge in [-0.15, -0.1) is 10.2 Å². The Morgan fingerprint density at radius 2 is 2.12 bits per heavy atom. The topological polar surface area (TPSA) is 59.7 Å². The highest BCUT2D eigenvalue weighted by Gasteiger charge is 2.21. The zero-order valence-corrected chi connectivity index (χ0v) is 10.2. The van der Waals surface area contributed by atoms with E-state index in [2.05, 4.69) is 20.2 Å². The number of fused-ring (bicyclic) bond motifs is 1. The van der Waals surface area contributed by atoms with Crippen molar-refractivity contribution in [3.05, 3.63) is 28.7 Å². The van der Waals surface area contributed by atoms with E-state index in [4.69, 9.17) is 23.2 Å². The molecule has 6 nitrogen and oxygen atoms in total. The van der Waals surface area contributed by atoms with Gasteiger partial charge in [0, 0.05) is 13.1 Å². The van der Waals surface area contributed by atoms with Gasteiger partial charge in [-0.1, -0.05) is 11.6 Å². The van der Waals surface area contributed by atoms with Crippen LogP contribution in [0.2, 0.25) is 10.3 Å². The fraction of sp³-hybridized carbons (Fsp3) is 0.333. The average molecular weight is 271 g/mol. The molecule has 0 spiro atoms. The van der Waals surface area contributed by atoms with Crippen LogP contribution in [-0.2, 0) is 13.1 Å². The van der Waals surface area contributed by atoms with Crippen LogP contribution in [-0.4, -0.2) is 31.3 Å². The molecule has 0 N–H and O–H groups in total. The Kier molecular flexibility index (Phi) is 2.60. The molecule has 0 aliphatic carbocycles. The van der Waals surface area contributed by atoms with Crippen LogP contribution in [0.25, 0.3) is 0 Å². The molecule has 0 saturated carbocycles. The third-order valence-corrected chi connectivity index (χ3v) is 3.08. The van der Waals surface area contributed by atoms with E-state index in [9.17, 15) is 0 Å². The lowest BCUT2D eigenvalue weighted by Gasteiger charge is -2.28. The minimum absolute atomic E-state index is 0.191. The molecule has 0 unspecified atom stereocenters. The van der Waals surface area contributed by atoms with Gasteiger partial charge in [0.2, 0.25) is 5.28 Å². The number of rotatable bonds is 1. The maximum absolute atomic E-state index is 6.06. The summed E-state index contributed by atoms with van der Waals surface area (Å²) in [6.07, 6.45) is 3.23. The minimum Gasteiger partial charge on any atom is -0.346 e. The SMILES string of the molecule is Clc1ncc(Cl)c(N2CCn3cnnc3C2)n1. The molecule has 0 bridgehead atoms. The predicted molar refractivity (Wildman–Crippen MR) is 63.1 cm³/mol. The van der Waals surface area contributed by atoms with Crippen LogP contribution in [0.5, 0.6) is 0 Å². The molecular weight excluding hydrogens is 263 g/mol. The summed E-state index contributed by atoms with van der Waals surface area (Å²) < 4.78 is 2.01. The van der Waals surface area contributed by atoms with E-state index in [1.165, 1.54) is 6.20 Å². The fourth-order valence-electron chi connectivity index (χ4n) is 1.81. The normalized spacial score (nSPS) is 14.8. The fourth-order valence-corrected chi connectivity index (χ4v) is 2.15. The van der Waals surface area contributed by atoms with Crippen LogP contribution in [0.4, 0.5) is 5.82 Å². The Balaban J connectivity index is 1.94. The number of hydrogen-bond acceptors (Lipinski definition) is 5. The molecule has 0 saturated heterocycles. The lowest BCUT2D eigenvalue weighted by Crippen LogP contribution is -2.34. The lowest BCUT2D eigenvalue weighted by atomic mass is 10.3. The van der Waals surface area contributed by atoms with Gasteiger partial charge < -0.3 is 9.47 Å². The standard InChI is InChI=1S/C9H8Cl2N6/c10-6-3-12-9(11)14-8(6)16-1-2-17-5-13-15-7(17)4-16/h3,5H,1-2,4H2. The van der Waals surface area contributed by atoms with Gasteiger partial charge in [0.25, 0.3) is 0 Å². The molecule has 0 amide bonds. The summed E-state index contributed by atoms with van der Waals surface area (Å²) >= 11 is 11.8. The molecule has 0 atom stereocenters.